The summed E-state index contributed by atoms with van der Waals surface area (Å²) in [4.78, 5) is 12.3. The number of rotatable bonds is 3. The third kappa shape index (κ3) is 3.24. The van der Waals surface area contributed by atoms with E-state index in [-0.39, 0.29) is 5.91 Å². The molecule has 0 aromatic heterocycles. The summed E-state index contributed by atoms with van der Waals surface area (Å²) >= 11 is 0. The molecular weight excluding hydrogens is 284 g/mol. The lowest BCUT2D eigenvalue weighted by molar-refractivity contribution is 0.102. The monoisotopic (exact) mass is 302 g/mol. The molecule has 3 N–H and O–H groups in total. The molecule has 0 bridgehead atoms. The number of aryl methyl sites for hydroxylation is 1. The number of carbonyl (C=O) groups excluding carboxylic acids is 1. The van der Waals surface area contributed by atoms with E-state index in [0.717, 1.165) is 16.7 Å². The summed E-state index contributed by atoms with van der Waals surface area (Å²) < 4.78 is 0. The van der Waals surface area contributed by atoms with E-state index < -0.39 is 0 Å². The average Bonchev–Trinajstić information content (AvgIpc) is 2.59. The van der Waals surface area contributed by atoms with Crippen LogP contribution in [0.5, 0.6) is 0 Å². The highest BCUT2D eigenvalue weighted by Crippen LogP contribution is 2.31. The van der Waals surface area contributed by atoms with Crippen LogP contribution in [0.4, 0.5) is 11.4 Å². The molecule has 114 valence electrons. The molecule has 1 amide bonds. The van der Waals surface area contributed by atoms with Gasteiger partial charge in [-0.3, -0.25) is 4.79 Å². The van der Waals surface area contributed by atoms with Crippen molar-refractivity contribution in [1.82, 2.24) is 0 Å². The van der Waals surface area contributed by atoms with Crippen LogP contribution in [0.15, 0.2) is 72.8 Å². The summed E-state index contributed by atoms with van der Waals surface area (Å²) in [5.41, 5.74) is 11.1. The quantitative estimate of drug-likeness (QED) is 0.700. The Morgan fingerprint density at radius 3 is 2.17 bits per heavy atom. The first-order valence-electron chi connectivity index (χ1n) is 7.47. The molecule has 0 aliphatic carbocycles. The summed E-state index contributed by atoms with van der Waals surface area (Å²) in [7, 11) is 0. The molecule has 23 heavy (non-hydrogen) atoms. The van der Waals surface area contributed by atoms with Gasteiger partial charge in [-0.25, -0.2) is 0 Å². The molecule has 3 aromatic rings. The van der Waals surface area contributed by atoms with Crippen molar-refractivity contribution in [3.05, 3.63) is 83.9 Å². The van der Waals surface area contributed by atoms with E-state index in [4.69, 9.17) is 5.73 Å². The van der Waals surface area contributed by atoms with Gasteiger partial charge >= 0.3 is 0 Å². The van der Waals surface area contributed by atoms with Crippen LogP contribution in [0, 0.1) is 6.92 Å². The number of nitrogens with two attached hydrogens (primary N) is 1. The van der Waals surface area contributed by atoms with Gasteiger partial charge in [-0.2, -0.15) is 0 Å². The zero-order valence-electron chi connectivity index (χ0n) is 12.9. The molecule has 3 aromatic carbocycles. The summed E-state index contributed by atoms with van der Waals surface area (Å²) in [6.45, 7) is 2.02. The zero-order valence-corrected chi connectivity index (χ0v) is 12.9. The van der Waals surface area contributed by atoms with E-state index in [1.54, 1.807) is 12.1 Å². The highest BCUT2D eigenvalue weighted by atomic mass is 16.1. The minimum atomic E-state index is -0.167. The van der Waals surface area contributed by atoms with Gasteiger partial charge in [0.1, 0.15) is 0 Å². The minimum absolute atomic E-state index is 0.167. The van der Waals surface area contributed by atoms with E-state index in [1.807, 2.05) is 67.6 Å². The van der Waals surface area contributed by atoms with Gasteiger partial charge in [-0.1, -0.05) is 48.5 Å². The molecule has 3 nitrogen and oxygen atoms in total. The number of nitrogens with one attached hydrogen (secondary N) is 1. The number of amides is 1. The van der Waals surface area contributed by atoms with E-state index >= 15 is 0 Å². The molecule has 0 aliphatic heterocycles. The second-order valence-electron chi connectivity index (χ2n) is 5.44. The molecule has 3 heteroatoms. The van der Waals surface area contributed by atoms with Gasteiger partial charge in [0.25, 0.3) is 5.91 Å². The van der Waals surface area contributed by atoms with Gasteiger partial charge in [-0.05, 0) is 47.9 Å². The van der Waals surface area contributed by atoms with Gasteiger partial charge in [0, 0.05) is 5.56 Å². The van der Waals surface area contributed by atoms with Crippen molar-refractivity contribution >= 4 is 17.3 Å². The summed E-state index contributed by atoms with van der Waals surface area (Å²) in [5, 5.41) is 2.90. The Morgan fingerprint density at radius 1 is 0.913 bits per heavy atom. The largest absolute Gasteiger partial charge is 0.397 e. The van der Waals surface area contributed by atoms with Gasteiger partial charge in [0.2, 0.25) is 0 Å². The fourth-order valence-electron chi connectivity index (χ4n) is 2.55. The maximum Gasteiger partial charge on any atom is 0.255 e. The van der Waals surface area contributed by atoms with Crippen molar-refractivity contribution in [3.63, 3.8) is 0 Å². The molecule has 0 fully saturated rings. The van der Waals surface area contributed by atoms with Crippen LogP contribution in [0.2, 0.25) is 0 Å². The number of hydrogen-bond donors (Lipinski definition) is 2. The number of benzene rings is 3. The predicted molar refractivity (Wildman–Crippen MR) is 95.4 cm³/mol. The van der Waals surface area contributed by atoms with Gasteiger partial charge < -0.3 is 11.1 Å². The first-order chi connectivity index (χ1) is 11.1. The molecule has 0 saturated carbocycles. The van der Waals surface area contributed by atoms with Crippen molar-refractivity contribution in [1.29, 1.82) is 0 Å². The maximum atomic E-state index is 12.3. The normalized spacial score (nSPS) is 10.3. The molecule has 0 heterocycles. The van der Waals surface area contributed by atoms with Crippen LogP contribution >= 0.6 is 0 Å². The third-order valence-corrected chi connectivity index (χ3v) is 3.77. The van der Waals surface area contributed by atoms with Crippen LogP contribution in [0.1, 0.15) is 15.9 Å². The number of nitrogen functional groups attached to an aromatic ring is 1. The Labute approximate surface area is 135 Å². The zero-order chi connectivity index (χ0) is 16.2. The Morgan fingerprint density at radius 2 is 1.52 bits per heavy atom. The molecule has 0 aliphatic rings. The fraction of sp³-hybridized carbons (Fsp3) is 0.0500. The van der Waals surface area contributed by atoms with Crippen molar-refractivity contribution in [2.75, 3.05) is 11.1 Å². The van der Waals surface area contributed by atoms with E-state index in [9.17, 15) is 4.79 Å². The summed E-state index contributed by atoms with van der Waals surface area (Å²) in [6, 6.07) is 23.0. The van der Waals surface area contributed by atoms with Crippen LogP contribution in [0.25, 0.3) is 11.1 Å². The van der Waals surface area contributed by atoms with Gasteiger partial charge in [0.05, 0.1) is 11.4 Å². The molecule has 0 radical (unpaired) electrons. The standard InChI is InChI=1S/C20H18N2O/c1-14-12-18(21)19(13-17(14)15-8-4-2-5-9-15)22-20(23)16-10-6-3-7-11-16/h2-13H,21H2,1H3,(H,22,23). The van der Waals surface area contributed by atoms with Crippen molar-refractivity contribution < 1.29 is 4.79 Å². The van der Waals surface area contributed by atoms with E-state index in [1.165, 1.54) is 0 Å². The van der Waals surface area contributed by atoms with E-state index in [2.05, 4.69) is 5.32 Å². The van der Waals surface area contributed by atoms with Crippen molar-refractivity contribution in [2.24, 2.45) is 0 Å². The summed E-state index contributed by atoms with van der Waals surface area (Å²) in [5.74, 6) is -0.167. The minimum Gasteiger partial charge on any atom is -0.397 e. The molecule has 0 atom stereocenters. The highest BCUT2D eigenvalue weighted by molar-refractivity contribution is 6.06. The SMILES string of the molecule is Cc1cc(N)c(NC(=O)c2ccccc2)cc1-c1ccccc1. The highest BCUT2D eigenvalue weighted by Gasteiger charge is 2.11. The van der Waals surface area contributed by atoms with E-state index in [0.29, 0.717) is 16.9 Å². The van der Waals surface area contributed by atoms with Crippen LogP contribution in [0.3, 0.4) is 0 Å². The predicted octanol–water partition coefficient (Wildman–Crippen LogP) is 4.50. The molecule has 0 saturated heterocycles. The molecule has 0 unspecified atom stereocenters. The van der Waals surface area contributed by atoms with Gasteiger partial charge in [-0.15, -0.1) is 0 Å². The van der Waals surface area contributed by atoms with Crippen LogP contribution in [-0.2, 0) is 0 Å². The number of hydrogen-bond acceptors (Lipinski definition) is 2. The lowest BCUT2D eigenvalue weighted by Crippen LogP contribution is -2.13. The Hall–Kier alpha value is -3.07. The lowest BCUT2D eigenvalue weighted by Gasteiger charge is -2.13. The van der Waals surface area contributed by atoms with Crippen molar-refractivity contribution in [2.45, 2.75) is 6.92 Å². The fourth-order valence-corrected chi connectivity index (χ4v) is 2.55. The second kappa shape index (κ2) is 6.36. The molecular formula is C20H18N2O. The summed E-state index contributed by atoms with van der Waals surface area (Å²) in [6.07, 6.45) is 0. The molecule has 0 spiro atoms. The van der Waals surface area contributed by atoms with Crippen molar-refractivity contribution in [3.8, 4) is 11.1 Å². The lowest BCUT2D eigenvalue weighted by atomic mass is 9.99. The Kier molecular flexibility index (Phi) is 4.11. The molecule has 3 rings (SSSR count). The maximum absolute atomic E-state index is 12.3. The smallest absolute Gasteiger partial charge is 0.255 e. The average molecular weight is 302 g/mol. The first kappa shape index (κ1) is 14.9. The van der Waals surface area contributed by atoms with Crippen LogP contribution in [-0.4, -0.2) is 5.91 Å². The Balaban J connectivity index is 1.95. The van der Waals surface area contributed by atoms with Crippen LogP contribution < -0.4 is 11.1 Å². The third-order valence-electron chi connectivity index (χ3n) is 3.77. The Bertz CT molecular complexity index is 827. The van der Waals surface area contributed by atoms with Gasteiger partial charge in [0.15, 0.2) is 0 Å². The number of carbonyl (C=O) groups is 1. The first-order valence-corrected chi connectivity index (χ1v) is 7.47. The number of anilines is 2. The second-order valence-corrected chi connectivity index (χ2v) is 5.44. The topological polar surface area (TPSA) is 55.1 Å².